The van der Waals surface area contributed by atoms with E-state index in [1.807, 2.05) is 109 Å². The molecule has 6 heteroatoms. The summed E-state index contributed by atoms with van der Waals surface area (Å²) in [6.45, 7) is 0. The van der Waals surface area contributed by atoms with E-state index in [-0.39, 0.29) is 11.8 Å². The van der Waals surface area contributed by atoms with Crippen molar-refractivity contribution in [3.05, 3.63) is 349 Å². The predicted molar refractivity (Wildman–Crippen MR) is 367 cm³/mol. The van der Waals surface area contributed by atoms with Crippen molar-refractivity contribution in [1.29, 1.82) is 0 Å². The molecule has 0 fully saturated rings. The van der Waals surface area contributed by atoms with E-state index in [2.05, 4.69) is 226 Å². The smallest absolute Gasteiger partial charge is 0.256 e. The highest BCUT2D eigenvalue weighted by atomic mass is 16.2. The number of fused-ring (bicyclic) bond motifs is 11. The Morgan fingerprint density at radius 2 is 0.629 bits per heavy atom. The molecule has 0 unspecified atom stereocenters. The Labute approximate surface area is 513 Å². The Hall–Kier alpha value is -11.9. The SMILES string of the molecule is O=C(Nc1ccc(C2(c3ccc(NC(=O)c4cccc5ccccc45)cc3)c3cc(-c4ccc5c(c4)c4ccccc4n5-c4ccccc4)ccc3-c3ccc(-c4ccc5c(c4)c4ccccc4n5-c4ccccc4)cc32)cc1)c1cccc2ccccc12. The molecule has 2 N–H and O–H groups in total. The minimum atomic E-state index is -0.923. The summed E-state index contributed by atoms with van der Waals surface area (Å²) in [6.07, 6.45) is 0. The molecule has 6 nitrogen and oxygen atoms in total. The quantitative estimate of drug-likeness (QED) is 0.143. The zero-order valence-corrected chi connectivity index (χ0v) is 48.2. The number of anilines is 2. The van der Waals surface area contributed by atoms with Crippen LogP contribution in [0.5, 0.6) is 0 Å². The molecule has 2 heterocycles. The molecule has 0 aliphatic heterocycles. The summed E-state index contributed by atoms with van der Waals surface area (Å²) in [5.41, 5.74) is 19.4. The first-order valence-corrected chi connectivity index (χ1v) is 30.2. The van der Waals surface area contributed by atoms with Crippen molar-refractivity contribution in [3.8, 4) is 44.8 Å². The van der Waals surface area contributed by atoms with Crippen LogP contribution in [0.2, 0.25) is 0 Å². The van der Waals surface area contributed by atoms with E-state index >= 15 is 0 Å². The number of rotatable bonds is 10. The Kier molecular flexibility index (Phi) is 12.0. The van der Waals surface area contributed by atoms with Crippen molar-refractivity contribution >= 4 is 88.3 Å². The molecule has 0 spiro atoms. The maximum atomic E-state index is 14.3. The molecule has 2 aromatic heterocycles. The van der Waals surface area contributed by atoms with Crippen LogP contribution in [0, 0.1) is 0 Å². The molecule has 17 rings (SSSR count). The maximum Gasteiger partial charge on any atom is 0.256 e. The van der Waals surface area contributed by atoms with E-state index in [9.17, 15) is 9.59 Å². The van der Waals surface area contributed by atoms with Crippen LogP contribution >= 0.6 is 0 Å². The molecule has 0 saturated carbocycles. The lowest BCUT2D eigenvalue weighted by Crippen LogP contribution is -2.29. The van der Waals surface area contributed by atoms with Crippen LogP contribution in [0.15, 0.2) is 315 Å². The molecule has 0 radical (unpaired) electrons. The van der Waals surface area contributed by atoms with E-state index in [0.717, 1.165) is 111 Å². The van der Waals surface area contributed by atoms with Gasteiger partial charge in [-0.25, -0.2) is 0 Å². The second-order valence-electron chi connectivity index (χ2n) is 23.2. The van der Waals surface area contributed by atoms with E-state index in [0.29, 0.717) is 22.5 Å². The van der Waals surface area contributed by atoms with Crippen LogP contribution in [0.3, 0.4) is 0 Å². The summed E-state index contributed by atoms with van der Waals surface area (Å²) < 4.78 is 4.72. The van der Waals surface area contributed by atoms with Gasteiger partial charge in [0.05, 0.1) is 27.5 Å². The molecule has 2 amide bonds. The number of carbonyl (C=O) groups excluding carboxylic acids is 2. The van der Waals surface area contributed by atoms with Gasteiger partial charge in [-0.3, -0.25) is 9.59 Å². The number of benzene rings is 14. The topological polar surface area (TPSA) is 68.1 Å². The van der Waals surface area contributed by atoms with E-state index < -0.39 is 5.41 Å². The third kappa shape index (κ3) is 8.33. The third-order valence-electron chi connectivity index (χ3n) is 18.4. The van der Waals surface area contributed by atoms with Crippen LogP contribution in [0.1, 0.15) is 43.0 Å². The standard InChI is InChI=1S/C83H54N4O2/c88-81(71-29-15-19-53-17-7-9-25-65(53)71)84-61-41-37-59(38-42-61)83(60-39-43-62(44-40-60)85-82(89)72-30-16-20-54-18-8-10-26-66(54)72)75-51-57(55-35-47-79-73(49-55)69-27-11-13-31-77(69)86(79)63-21-3-1-4-22-63)33-45-67(75)68-46-34-58(52-76(68)83)56-36-48-80-74(50-56)70-28-12-14-32-78(70)87(80)64-23-5-2-6-24-64/h1-52H,(H,84,88)(H,85,89). The van der Waals surface area contributed by atoms with E-state index in [1.165, 1.54) is 21.5 Å². The second kappa shape index (κ2) is 20.7. The van der Waals surface area contributed by atoms with Gasteiger partial charge in [-0.1, -0.05) is 206 Å². The van der Waals surface area contributed by atoms with Crippen molar-refractivity contribution in [2.75, 3.05) is 10.6 Å². The van der Waals surface area contributed by atoms with Crippen molar-refractivity contribution in [2.45, 2.75) is 5.41 Å². The van der Waals surface area contributed by atoms with E-state index in [4.69, 9.17) is 0 Å². The Morgan fingerprint density at radius 3 is 1.07 bits per heavy atom. The number of hydrogen-bond acceptors (Lipinski definition) is 2. The normalized spacial score (nSPS) is 12.4. The highest BCUT2D eigenvalue weighted by molar-refractivity contribution is 6.15. The highest BCUT2D eigenvalue weighted by Crippen LogP contribution is 2.58. The zero-order valence-electron chi connectivity index (χ0n) is 48.2. The van der Waals surface area contributed by atoms with Crippen LogP contribution < -0.4 is 10.6 Å². The molecule has 0 atom stereocenters. The Balaban J connectivity index is 0.864. The van der Waals surface area contributed by atoms with Crippen LogP contribution in [-0.2, 0) is 5.41 Å². The minimum absolute atomic E-state index is 0.177. The molecule has 1 aliphatic rings. The molecule has 14 aromatic carbocycles. The number of aromatic nitrogens is 2. The fourth-order valence-corrected chi connectivity index (χ4v) is 14.3. The van der Waals surface area contributed by atoms with Gasteiger partial charge in [0.25, 0.3) is 11.8 Å². The number of hydrogen-bond donors (Lipinski definition) is 2. The summed E-state index contributed by atoms with van der Waals surface area (Å²) in [6, 6.07) is 111. The van der Waals surface area contributed by atoms with Gasteiger partial charge in [0.15, 0.2) is 0 Å². The average Bonchev–Trinajstić information content (AvgIpc) is 1.61. The van der Waals surface area contributed by atoms with Gasteiger partial charge < -0.3 is 19.8 Å². The number of nitrogens with zero attached hydrogens (tertiary/aromatic N) is 2. The van der Waals surface area contributed by atoms with Gasteiger partial charge in [0, 0.05) is 55.4 Å². The van der Waals surface area contributed by atoms with Gasteiger partial charge in [0.1, 0.15) is 0 Å². The highest BCUT2D eigenvalue weighted by Gasteiger charge is 2.47. The summed E-state index contributed by atoms with van der Waals surface area (Å²) in [5, 5.41) is 15.1. The van der Waals surface area contributed by atoms with Gasteiger partial charge in [-0.05, 0) is 186 Å². The van der Waals surface area contributed by atoms with Crippen molar-refractivity contribution in [2.24, 2.45) is 0 Å². The average molecular weight is 1140 g/mol. The Morgan fingerprint density at radius 1 is 0.281 bits per heavy atom. The number of amides is 2. The first-order chi connectivity index (χ1) is 43.9. The lowest BCUT2D eigenvalue weighted by atomic mass is 9.67. The van der Waals surface area contributed by atoms with Crippen molar-refractivity contribution in [1.82, 2.24) is 9.13 Å². The monoisotopic (exact) mass is 1140 g/mol. The van der Waals surface area contributed by atoms with Gasteiger partial charge >= 0.3 is 0 Å². The fourth-order valence-electron chi connectivity index (χ4n) is 14.3. The second-order valence-corrected chi connectivity index (χ2v) is 23.2. The molecule has 0 bridgehead atoms. The first kappa shape index (κ1) is 51.6. The minimum Gasteiger partial charge on any atom is -0.322 e. The van der Waals surface area contributed by atoms with Crippen molar-refractivity contribution < 1.29 is 9.59 Å². The lowest BCUT2D eigenvalue weighted by molar-refractivity contribution is 0.102. The maximum absolute atomic E-state index is 14.3. The Bertz CT molecular complexity index is 5170. The first-order valence-electron chi connectivity index (χ1n) is 30.2. The lowest BCUT2D eigenvalue weighted by Gasteiger charge is -2.34. The molecular formula is C83H54N4O2. The fraction of sp³-hybridized carbons (Fsp3) is 0.0120. The molecular weight excluding hydrogens is 1080 g/mol. The summed E-state index contributed by atoms with van der Waals surface area (Å²) in [4.78, 5) is 28.6. The number of nitrogens with one attached hydrogen (secondary N) is 2. The molecule has 16 aromatic rings. The summed E-state index contributed by atoms with van der Waals surface area (Å²) in [7, 11) is 0. The number of para-hydroxylation sites is 4. The molecule has 0 saturated heterocycles. The van der Waals surface area contributed by atoms with Gasteiger partial charge in [-0.2, -0.15) is 0 Å². The third-order valence-corrected chi connectivity index (χ3v) is 18.4. The van der Waals surface area contributed by atoms with Crippen LogP contribution in [0.4, 0.5) is 11.4 Å². The van der Waals surface area contributed by atoms with Crippen LogP contribution in [0.25, 0.3) is 110 Å². The summed E-state index contributed by atoms with van der Waals surface area (Å²) >= 11 is 0. The molecule has 1 aliphatic carbocycles. The molecule has 418 valence electrons. The van der Waals surface area contributed by atoms with Crippen LogP contribution in [-0.4, -0.2) is 20.9 Å². The molecule has 89 heavy (non-hydrogen) atoms. The number of carbonyl (C=O) groups is 2. The largest absolute Gasteiger partial charge is 0.322 e. The van der Waals surface area contributed by atoms with Gasteiger partial charge in [-0.15, -0.1) is 0 Å². The zero-order chi connectivity index (χ0) is 59.2. The van der Waals surface area contributed by atoms with Gasteiger partial charge in [0.2, 0.25) is 0 Å². The van der Waals surface area contributed by atoms with Crippen molar-refractivity contribution in [3.63, 3.8) is 0 Å². The summed E-state index contributed by atoms with van der Waals surface area (Å²) in [5.74, 6) is -0.354. The van der Waals surface area contributed by atoms with E-state index in [1.54, 1.807) is 0 Å². The predicted octanol–water partition coefficient (Wildman–Crippen LogP) is 20.4.